The van der Waals surface area contributed by atoms with Crippen LogP contribution < -0.4 is 10.5 Å². The molecule has 1 aliphatic rings. The molecular formula is C18H23ClN4O3S. The third kappa shape index (κ3) is 4.17. The van der Waals surface area contributed by atoms with Crippen LogP contribution in [0.1, 0.15) is 13.8 Å². The monoisotopic (exact) mass is 410 g/mol. The van der Waals surface area contributed by atoms with Crippen molar-refractivity contribution in [3.8, 4) is 0 Å². The van der Waals surface area contributed by atoms with E-state index in [1.807, 2.05) is 18.7 Å². The fraction of sp³-hybridized carbons (Fsp3) is 0.444. The van der Waals surface area contributed by atoms with E-state index in [1.54, 1.807) is 35.2 Å². The second-order valence-electron chi connectivity index (χ2n) is 6.92. The molecule has 2 heterocycles. The third-order valence-corrected chi connectivity index (χ3v) is 6.85. The normalized spacial score (nSPS) is 16.1. The fourth-order valence-corrected chi connectivity index (χ4v) is 5.04. The molecule has 3 rings (SSSR count). The Labute approximate surface area is 164 Å². The van der Waals surface area contributed by atoms with Crippen LogP contribution in [0, 0.1) is 5.92 Å². The molecular weight excluding hydrogens is 388 g/mol. The van der Waals surface area contributed by atoms with Gasteiger partial charge in [0.25, 0.3) is 5.56 Å². The lowest BCUT2D eigenvalue weighted by Gasteiger charge is -2.34. The summed E-state index contributed by atoms with van der Waals surface area (Å²) in [6.45, 7) is 6.06. The van der Waals surface area contributed by atoms with Gasteiger partial charge in [0.05, 0.1) is 5.02 Å². The minimum Gasteiger partial charge on any atom is -0.349 e. The molecule has 2 aromatic rings. The number of piperazine rings is 1. The number of sulfonamides is 1. The van der Waals surface area contributed by atoms with E-state index in [0.29, 0.717) is 31.4 Å². The van der Waals surface area contributed by atoms with Crippen molar-refractivity contribution in [3.05, 3.63) is 52.0 Å². The zero-order valence-electron chi connectivity index (χ0n) is 15.4. The molecule has 0 saturated carbocycles. The number of anilines is 1. The molecule has 0 atom stereocenters. The van der Waals surface area contributed by atoms with E-state index in [1.165, 1.54) is 10.4 Å². The molecule has 1 saturated heterocycles. The first-order valence-corrected chi connectivity index (χ1v) is 10.7. The van der Waals surface area contributed by atoms with Crippen LogP contribution in [0.2, 0.25) is 5.02 Å². The van der Waals surface area contributed by atoms with Crippen LogP contribution in [0.15, 0.2) is 46.3 Å². The maximum atomic E-state index is 12.8. The van der Waals surface area contributed by atoms with E-state index in [9.17, 15) is 13.2 Å². The van der Waals surface area contributed by atoms with Crippen LogP contribution in [-0.2, 0) is 16.6 Å². The summed E-state index contributed by atoms with van der Waals surface area (Å²) in [6, 6.07) is 6.42. The topological polar surface area (TPSA) is 75.5 Å². The molecule has 0 N–H and O–H groups in total. The summed E-state index contributed by atoms with van der Waals surface area (Å²) in [5.41, 5.74) is -0.145. The van der Waals surface area contributed by atoms with Crippen molar-refractivity contribution in [1.29, 1.82) is 0 Å². The molecule has 1 aliphatic heterocycles. The van der Waals surface area contributed by atoms with Crippen molar-refractivity contribution in [2.75, 3.05) is 31.1 Å². The van der Waals surface area contributed by atoms with Crippen LogP contribution in [0.3, 0.4) is 0 Å². The van der Waals surface area contributed by atoms with E-state index in [2.05, 4.69) is 4.98 Å². The number of hydrogen-bond donors (Lipinski definition) is 0. The first-order valence-electron chi connectivity index (χ1n) is 8.86. The maximum Gasteiger partial charge on any atom is 0.293 e. The summed E-state index contributed by atoms with van der Waals surface area (Å²) < 4.78 is 28.7. The van der Waals surface area contributed by atoms with Gasteiger partial charge in [-0.15, -0.1) is 0 Å². The molecule has 146 valence electrons. The highest BCUT2D eigenvalue weighted by Gasteiger charge is 2.31. The predicted molar refractivity (Wildman–Crippen MR) is 106 cm³/mol. The summed E-state index contributed by atoms with van der Waals surface area (Å²) in [6.07, 6.45) is 3.30. The number of benzene rings is 1. The van der Waals surface area contributed by atoms with E-state index in [0.717, 1.165) is 0 Å². The van der Waals surface area contributed by atoms with Gasteiger partial charge in [-0.05, 0) is 18.1 Å². The minimum absolute atomic E-state index is 0.109. The van der Waals surface area contributed by atoms with Crippen molar-refractivity contribution in [2.45, 2.75) is 25.3 Å². The smallest absolute Gasteiger partial charge is 0.293 e. The van der Waals surface area contributed by atoms with Crippen LogP contribution in [0.5, 0.6) is 0 Å². The summed E-state index contributed by atoms with van der Waals surface area (Å²) in [7, 11) is -3.66. The van der Waals surface area contributed by atoms with Gasteiger partial charge in [-0.3, -0.25) is 4.79 Å². The van der Waals surface area contributed by atoms with Crippen molar-refractivity contribution in [2.24, 2.45) is 5.92 Å². The quantitative estimate of drug-likeness (QED) is 0.754. The van der Waals surface area contributed by atoms with Crippen LogP contribution >= 0.6 is 11.6 Å². The lowest BCUT2D eigenvalue weighted by atomic mass is 10.2. The Morgan fingerprint density at radius 1 is 1.15 bits per heavy atom. The number of hydrogen-bond acceptors (Lipinski definition) is 5. The van der Waals surface area contributed by atoms with E-state index in [4.69, 9.17) is 11.6 Å². The Morgan fingerprint density at radius 3 is 2.44 bits per heavy atom. The van der Waals surface area contributed by atoms with E-state index in [-0.39, 0.29) is 28.6 Å². The lowest BCUT2D eigenvalue weighted by molar-refractivity contribution is 0.382. The van der Waals surface area contributed by atoms with Gasteiger partial charge < -0.3 is 9.47 Å². The molecule has 7 nitrogen and oxygen atoms in total. The fourth-order valence-electron chi connectivity index (χ4n) is 3.12. The Kier molecular flexibility index (Phi) is 5.88. The highest BCUT2D eigenvalue weighted by molar-refractivity contribution is 7.89. The molecule has 1 aromatic carbocycles. The van der Waals surface area contributed by atoms with Gasteiger partial charge in [-0.2, -0.15) is 4.31 Å². The van der Waals surface area contributed by atoms with E-state index >= 15 is 0 Å². The summed E-state index contributed by atoms with van der Waals surface area (Å²) in [5.74, 6) is 0.712. The number of rotatable bonds is 5. The average Bonchev–Trinajstić information content (AvgIpc) is 2.63. The van der Waals surface area contributed by atoms with Crippen molar-refractivity contribution in [1.82, 2.24) is 13.9 Å². The Morgan fingerprint density at radius 2 is 1.81 bits per heavy atom. The highest BCUT2D eigenvalue weighted by atomic mass is 35.5. The molecule has 9 heteroatoms. The van der Waals surface area contributed by atoms with Gasteiger partial charge in [0.15, 0.2) is 5.82 Å². The van der Waals surface area contributed by atoms with Gasteiger partial charge >= 0.3 is 0 Å². The standard InChI is InChI=1S/C18H23ClN4O3S/c1-14(2)13-22-8-7-20-17(18(22)24)21-9-11-23(12-10-21)27(25,26)16-6-4-3-5-15(16)19/h3-8,14H,9-13H2,1-2H3. The second-order valence-corrected chi connectivity index (χ2v) is 9.24. The second kappa shape index (κ2) is 8.00. The van der Waals surface area contributed by atoms with Crippen LogP contribution in [0.25, 0.3) is 0 Å². The van der Waals surface area contributed by atoms with Gasteiger partial charge in [-0.25, -0.2) is 13.4 Å². The first-order chi connectivity index (χ1) is 12.8. The Hall–Kier alpha value is -1.90. The van der Waals surface area contributed by atoms with Gasteiger partial charge in [0.1, 0.15) is 4.90 Å². The van der Waals surface area contributed by atoms with Crippen molar-refractivity contribution < 1.29 is 8.42 Å². The zero-order chi connectivity index (χ0) is 19.6. The van der Waals surface area contributed by atoms with Gasteiger partial charge in [0.2, 0.25) is 10.0 Å². The molecule has 0 radical (unpaired) electrons. The molecule has 0 unspecified atom stereocenters. The Balaban J connectivity index is 1.77. The lowest BCUT2D eigenvalue weighted by Crippen LogP contribution is -2.50. The first kappa shape index (κ1) is 19.9. The molecule has 27 heavy (non-hydrogen) atoms. The summed E-state index contributed by atoms with van der Waals surface area (Å²) in [5, 5.41) is 0.209. The molecule has 0 bridgehead atoms. The van der Waals surface area contributed by atoms with Gasteiger partial charge in [-0.1, -0.05) is 37.6 Å². The molecule has 0 amide bonds. The van der Waals surface area contributed by atoms with Gasteiger partial charge in [0, 0.05) is 45.1 Å². The van der Waals surface area contributed by atoms with Crippen molar-refractivity contribution >= 4 is 27.4 Å². The highest BCUT2D eigenvalue weighted by Crippen LogP contribution is 2.25. The van der Waals surface area contributed by atoms with Crippen LogP contribution in [-0.4, -0.2) is 48.5 Å². The predicted octanol–water partition coefficient (Wildman–Crippen LogP) is 2.06. The summed E-state index contributed by atoms with van der Waals surface area (Å²) in [4.78, 5) is 18.8. The molecule has 1 aromatic heterocycles. The SMILES string of the molecule is CC(C)Cn1ccnc(N2CCN(S(=O)(=O)c3ccccc3Cl)CC2)c1=O. The Bertz CT molecular complexity index is 967. The van der Waals surface area contributed by atoms with Crippen molar-refractivity contribution in [3.63, 3.8) is 0 Å². The zero-order valence-corrected chi connectivity index (χ0v) is 16.9. The number of nitrogens with zero attached hydrogens (tertiary/aromatic N) is 4. The number of aromatic nitrogens is 2. The van der Waals surface area contributed by atoms with Crippen LogP contribution in [0.4, 0.5) is 5.82 Å². The largest absolute Gasteiger partial charge is 0.349 e. The number of halogens is 1. The molecule has 0 spiro atoms. The molecule has 0 aliphatic carbocycles. The summed E-state index contributed by atoms with van der Waals surface area (Å²) >= 11 is 6.06. The maximum absolute atomic E-state index is 12.8. The minimum atomic E-state index is -3.66. The third-order valence-electron chi connectivity index (χ3n) is 4.45. The molecule has 1 fully saturated rings. The van der Waals surface area contributed by atoms with E-state index < -0.39 is 10.0 Å². The average molecular weight is 411 g/mol.